The lowest BCUT2D eigenvalue weighted by atomic mass is 10.4. The van der Waals surface area contributed by atoms with Crippen LogP contribution in [0.25, 0.3) is 0 Å². The molecule has 1 rings (SSSR count). The Morgan fingerprint density at radius 3 is 2.84 bits per heavy atom. The van der Waals surface area contributed by atoms with Gasteiger partial charge in [0.05, 0.1) is 6.42 Å². The second-order valence-corrected chi connectivity index (χ2v) is 5.10. The molecule has 0 aliphatic heterocycles. The molecule has 8 heteroatoms. The summed E-state index contributed by atoms with van der Waals surface area (Å²) in [5, 5.41) is 11.0. The second kappa shape index (κ2) is 7.90. The molecule has 0 fully saturated rings. The highest BCUT2D eigenvalue weighted by atomic mass is 32.2. The lowest BCUT2D eigenvalue weighted by Gasteiger charge is -2.26. The molecule has 0 spiro atoms. The summed E-state index contributed by atoms with van der Waals surface area (Å²) in [4.78, 5) is 22.9. The van der Waals surface area contributed by atoms with Gasteiger partial charge >= 0.3 is 5.97 Å². The summed E-state index contributed by atoms with van der Waals surface area (Å²) in [5.41, 5.74) is 3.18. The number of rotatable bonds is 8. The van der Waals surface area contributed by atoms with Crippen LogP contribution in [0.3, 0.4) is 0 Å². The van der Waals surface area contributed by atoms with E-state index in [1.165, 1.54) is 18.1 Å². The molecule has 106 valence electrons. The average molecular weight is 285 g/mol. The molecule has 0 aliphatic rings. The van der Waals surface area contributed by atoms with Gasteiger partial charge in [-0.2, -0.15) is 9.97 Å². The van der Waals surface area contributed by atoms with Crippen LogP contribution in [-0.2, 0) is 4.79 Å². The van der Waals surface area contributed by atoms with Crippen LogP contribution >= 0.6 is 11.8 Å². The maximum Gasteiger partial charge on any atom is 0.304 e. The molecule has 0 aromatic carbocycles. The van der Waals surface area contributed by atoms with E-state index in [2.05, 4.69) is 20.4 Å². The van der Waals surface area contributed by atoms with Crippen LogP contribution < -0.4 is 10.4 Å². The van der Waals surface area contributed by atoms with Gasteiger partial charge in [0.1, 0.15) is 6.33 Å². The predicted octanol–water partition coefficient (Wildman–Crippen LogP) is 1.18. The zero-order chi connectivity index (χ0) is 14.3. The topological polar surface area (TPSA) is 91.2 Å². The monoisotopic (exact) mass is 285 g/mol. The Kier molecular flexibility index (Phi) is 6.51. The number of nitrogens with one attached hydrogen (secondary N) is 1. The minimum absolute atomic E-state index is 0.0901. The van der Waals surface area contributed by atoms with E-state index < -0.39 is 5.97 Å². The Hall–Kier alpha value is -1.41. The fourth-order valence-electron chi connectivity index (χ4n) is 1.34. The third-order valence-electron chi connectivity index (χ3n) is 2.14. The van der Waals surface area contributed by atoms with Crippen molar-refractivity contribution in [2.24, 2.45) is 0 Å². The smallest absolute Gasteiger partial charge is 0.304 e. The molecule has 0 saturated carbocycles. The van der Waals surface area contributed by atoms with Crippen LogP contribution in [0.1, 0.15) is 27.2 Å². The lowest BCUT2D eigenvalue weighted by molar-refractivity contribution is -0.136. The highest BCUT2D eigenvalue weighted by molar-refractivity contribution is 7.99. The molecule has 0 bridgehead atoms. The molecule has 2 N–H and O–H groups in total. The minimum atomic E-state index is -0.821. The summed E-state index contributed by atoms with van der Waals surface area (Å²) >= 11 is 1.31. The average Bonchev–Trinajstić information content (AvgIpc) is 2.35. The Balaban J connectivity index is 2.71. The number of thioether (sulfide) groups is 1. The van der Waals surface area contributed by atoms with Gasteiger partial charge in [-0.3, -0.25) is 9.80 Å². The zero-order valence-electron chi connectivity index (χ0n) is 11.3. The summed E-state index contributed by atoms with van der Waals surface area (Å²) in [6.45, 7) is 6.83. The van der Waals surface area contributed by atoms with E-state index in [9.17, 15) is 4.79 Å². The number of hydrazine groups is 1. The number of hydrogen-bond donors (Lipinski definition) is 2. The van der Waals surface area contributed by atoms with E-state index in [0.717, 1.165) is 6.54 Å². The summed E-state index contributed by atoms with van der Waals surface area (Å²) in [7, 11) is 0. The fraction of sp³-hybridized carbons (Fsp3) is 0.636. The molecule has 0 radical (unpaired) electrons. The van der Waals surface area contributed by atoms with Gasteiger partial charge in [-0.25, -0.2) is 10.4 Å². The maximum absolute atomic E-state index is 10.5. The molecule has 19 heavy (non-hydrogen) atoms. The van der Waals surface area contributed by atoms with Crippen molar-refractivity contribution in [3.63, 3.8) is 0 Å². The molecular formula is C11H19N5O2S. The van der Waals surface area contributed by atoms with Gasteiger partial charge in [0, 0.05) is 18.3 Å². The standard InChI is InChI=1S/C11H19N5O2S/c1-4-14-16(8(2)3)10-12-7-13-11(15-10)19-6-5-9(17)18/h7-8,14H,4-6H2,1-3H3,(H,17,18). The van der Waals surface area contributed by atoms with Crippen LogP contribution in [0.4, 0.5) is 5.95 Å². The summed E-state index contributed by atoms with van der Waals surface area (Å²) in [6.07, 6.45) is 1.53. The fourth-order valence-corrected chi connectivity index (χ4v) is 2.07. The Bertz CT molecular complexity index is 416. The van der Waals surface area contributed by atoms with E-state index >= 15 is 0 Å². The van der Waals surface area contributed by atoms with Crippen LogP contribution in [0.2, 0.25) is 0 Å². The number of aliphatic carboxylic acids is 1. The first-order valence-corrected chi connectivity index (χ1v) is 7.09. The summed E-state index contributed by atoms with van der Waals surface area (Å²) in [6, 6.07) is 0.208. The highest BCUT2D eigenvalue weighted by Gasteiger charge is 2.13. The van der Waals surface area contributed by atoms with Crippen molar-refractivity contribution < 1.29 is 9.90 Å². The number of hydrogen-bond acceptors (Lipinski definition) is 7. The van der Waals surface area contributed by atoms with Gasteiger partial charge < -0.3 is 5.11 Å². The van der Waals surface area contributed by atoms with Crippen molar-refractivity contribution in [1.29, 1.82) is 0 Å². The van der Waals surface area contributed by atoms with Crippen molar-refractivity contribution in [3.05, 3.63) is 6.33 Å². The number of nitrogens with zero attached hydrogens (tertiary/aromatic N) is 4. The van der Waals surface area contributed by atoms with Crippen LogP contribution in [-0.4, -0.2) is 44.4 Å². The van der Waals surface area contributed by atoms with E-state index in [-0.39, 0.29) is 12.5 Å². The highest BCUT2D eigenvalue weighted by Crippen LogP contribution is 2.16. The van der Waals surface area contributed by atoms with Crippen LogP contribution in [0.15, 0.2) is 11.5 Å². The molecule has 1 aromatic heterocycles. The Morgan fingerprint density at radius 2 is 2.26 bits per heavy atom. The third-order valence-corrected chi connectivity index (χ3v) is 3.01. The number of carbonyl (C=O) groups is 1. The van der Waals surface area contributed by atoms with Gasteiger partial charge in [0.2, 0.25) is 5.95 Å². The first kappa shape index (κ1) is 15.6. The molecule has 0 saturated heterocycles. The quantitative estimate of drug-likeness (QED) is 0.543. The molecule has 1 heterocycles. The minimum Gasteiger partial charge on any atom is -0.481 e. The number of anilines is 1. The molecule has 0 aliphatic carbocycles. The number of carboxylic acid groups (broad SMARTS) is 1. The van der Waals surface area contributed by atoms with Gasteiger partial charge in [0.25, 0.3) is 0 Å². The number of aromatic nitrogens is 3. The van der Waals surface area contributed by atoms with Crippen molar-refractivity contribution in [2.75, 3.05) is 17.3 Å². The molecule has 0 unspecified atom stereocenters. The Morgan fingerprint density at radius 1 is 1.53 bits per heavy atom. The third kappa shape index (κ3) is 5.39. The molecule has 7 nitrogen and oxygen atoms in total. The van der Waals surface area contributed by atoms with Gasteiger partial charge in [-0.05, 0) is 13.8 Å². The summed E-state index contributed by atoms with van der Waals surface area (Å²) in [5.74, 6) is 0.171. The summed E-state index contributed by atoms with van der Waals surface area (Å²) < 4.78 is 0. The van der Waals surface area contributed by atoms with Gasteiger partial charge in [0.15, 0.2) is 5.16 Å². The second-order valence-electron chi connectivity index (χ2n) is 4.04. The predicted molar refractivity (Wildman–Crippen MR) is 74.1 cm³/mol. The lowest BCUT2D eigenvalue weighted by Crippen LogP contribution is -2.44. The number of carboxylic acids is 1. The Labute approximate surface area is 116 Å². The van der Waals surface area contributed by atoms with Crippen LogP contribution in [0, 0.1) is 0 Å². The first-order valence-electron chi connectivity index (χ1n) is 6.11. The zero-order valence-corrected chi connectivity index (χ0v) is 12.1. The van der Waals surface area contributed by atoms with Crippen molar-refractivity contribution >= 4 is 23.7 Å². The normalized spacial score (nSPS) is 10.7. The van der Waals surface area contributed by atoms with E-state index in [0.29, 0.717) is 16.9 Å². The van der Waals surface area contributed by atoms with E-state index in [4.69, 9.17) is 5.11 Å². The van der Waals surface area contributed by atoms with E-state index in [1.807, 2.05) is 25.8 Å². The van der Waals surface area contributed by atoms with Gasteiger partial charge in [-0.15, -0.1) is 0 Å². The molecule has 0 atom stereocenters. The van der Waals surface area contributed by atoms with Crippen molar-refractivity contribution in [2.45, 2.75) is 38.4 Å². The molecule has 1 aromatic rings. The van der Waals surface area contributed by atoms with Crippen LogP contribution in [0.5, 0.6) is 0 Å². The van der Waals surface area contributed by atoms with Gasteiger partial charge in [-0.1, -0.05) is 18.7 Å². The largest absolute Gasteiger partial charge is 0.481 e. The van der Waals surface area contributed by atoms with E-state index in [1.54, 1.807) is 0 Å². The molecule has 0 amide bonds. The molecular weight excluding hydrogens is 266 g/mol. The SMILES string of the molecule is CCNN(c1ncnc(SCCC(=O)O)n1)C(C)C. The maximum atomic E-state index is 10.5. The van der Waals surface area contributed by atoms with Crippen molar-refractivity contribution in [3.8, 4) is 0 Å². The van der Waals surface area contributed by atoms with Crippen molar-refractivity contribution in [1.82, 2.24) is 20.4 Å². The first-order chi connectivity index (χ1) is 9.04.